The molecule has 3 aliphatic carbocycles. The number of carbonyl (C=O) groups is 1. The molecule has 0 spiro atoms. The van der Waals surface area contributed by atoms with Crippen molar-refractivity contribution < 1.29 is 23.7 Å². The quantitative estimate of drug-likeness (QED) is 0.580. The number of hydrogen-bond donors (Lipinski definition) is 0. The maximum absolute atomic E-state index is 14.0. The third kappa shape index (κ3) is 3.50. The van der Waals surface area contributed by atoms with Gasteiger partial charge in [-0.3, -0.25) is 4.79 Å². The molecule has 0 N–H and O–H groups in total. The van der Waals surface area contributed by atoms with Crippen LogP contribution in [0.4, 0.5) is 0 Å². The topological polar surface area (TPSA) is 54.0 Å². The molecule has 3 unspecified atom stereocenters. The molecule has 3 rings (SSSR count). The Morgan fingerprint density at radius 1 is 1.03 bits per heavy atom. The number of hydrogen-bond acceptors (Lipinski definition) is 5. The molecule has 0 radical (unpaired) electrons. The predicted molar refractivity (Wildman–Crippen MR) is 113 cm³/mol. The van der Waals surface area contributed by atoms with Gasteiger partial charge in [0.25, 0.3) is 0 Å². The zero-order valence-corrected chi connectivity index (χ0v) is 19.6. The number of ether oxygens (including phenoxy) is 4. The van der Waals surface area contributed by atoms with Gasteiger partial charge in [-0.25, -0.2) is 0 Å². The van der Waals surface area contributed by atoms with Gasteiger partial charge in [0, 0.05) is 44.7 Å². The number of carbonyl (C=O) groups excluding carboxylic acids is 1. The van der Waals surface area contributed by atoms with Crippen molar-refractivity contribution in [2.24, 2.45) is 34.0 Å². The second kappa shape index (κ2) is 8.57. The third-order valence-electron chi connectivity index (χ3n) is 9.39. The van der Waals surface area contributed by atoms with Crippen molar-refractivity contribution in [1.29, 1.82) is 0 Å². The Bertz CT molecular complexity index is 594. The van der Waals surface area contributed by atoms with E-state index in [2.05, 4.69) is 27.7 Å². The van der Waals surface area contributed by atoms with E-state index in [0.29, 0.717) is 30.6 Å². The third-order valence-corrected chi connectivity index (χ3v) is 9.39. The molecule has 3 aliphatic rings. The Hall–Kier alpha value is -0.490. The number of ketones is 1. The summed E-state index contributed by atoms with van der Waals surface area (Å²) in [6, 6.07) is 0. The Morgan fingerprint density at radius 2 is 1.72 bits per heavy atom. The van der Waals surface area contributed by atoms with Crippen LogP contribution in [0.5, 0.6) is 0 Å². The lowest BCUT2D eigenvalue weighted by Gasteiger charge is -2.62. The Labute approximate surface area is 177 Å². The van der Waals surface area contributed by atoms with Gasteiger partial charge in [-0.15, -0.1) is 0 Å². The fourth-order valence-corrected chi connectivity index (χ4v) is 7.44. The first-order valence-corrected chi connectivity index (χ1v) is 11.4. The fraction of sp³-hybridized carbons (Fsp3) is 0.958. The van der Waals surface area contributed by atoms with Crippen LogP contribution in [0.1, 0.15) is 66.2 Å². The second-order valence-corrected chi connectivity index (χ2v) is 10.5. The summed E-state index contributed by atoms with van der Waals surface area (Å²) in [5, 5.41) is 0. The average Bonchev–Trinajstić information content (AvgIpc) is 3.11. The summed E-state index contributed by atoms with van der Waals surface area (Å²) in [4.78, 5) is 14.0. The zero-order chi connectivity index (χ0) is 21.4. The van der Waals surface area contributed by atoms with Gasteiger partial charge < -0.3 is 18.9 Å². The van der Waals surface area contributed by atoms with E-state index in [0.717, 1.165) is 32.1 Å². The Kier molecular flexibility index (Phi) is 6.85. The first-order chi connectivity index (χ1) is 13.7. The standard InChI is InChI=1S/C24H42O5/c1-16-8-10-24-11-9-18(28-7)20(24)23(16,4)19(29-15-27-6)14-22(3,12-13-26-5)21(25)17(24)2/h16-20H,8-15H2,1-7H3/t16-,17+,18?,19-,20?,22-,23+,24?/m1/s1. The van der Waals surface area contributed by atoms with Gasteiger partial charge in [0.15, 0.2) is 0 Å². The molecule has 0 heterocycles. The van der Waals surface area contributed by atoms with Crippen LogP contribution >= 0.6 is 0 Å². The van der Waals surface area contributed by atoms with Crippen molar-refractivity contribution in [2.45, 2.75) is 78.4 Å². The smallest absolute Gasteiger partial charge is 0.146 e. The second-order valence-electron chi connectivity index (χ2n) is 10.5. The highest BCUT2D eigenvalue weighted by atomic mass is 16.7. The number of methoxy groups -OCH3 is 3. The summed E-state index contributed by atoms with van der Waals surface area (Å²) in [6.07, 6.45) is 5.95. The normalized spacial score (nSPS) is 47.6. The van der Waals surface area contributed by atoms with E-state index in [9.17, 15) is 4.79 Å². The summed E-state index contributed by atoms with van der Waals surface area (Å²) in [7, 11) is 5.23. The van der Waals surface area contributed by atoms with Gasteiger partial charge in [0.05, 0.1) is 12.2 Å². The molecule has 168 valence electrons. The van der Waals surface area contributed by atoms with Crippen molar-refractivity contribution in [3.63, 3.8) is 0 Å². The van der Waals surface area contributed by atoms with Crippen LogP contribution < -0.4 is 0 Å². The summed E-state index contributed by atoms with van der Waals surface area (Å²) >= 11 is 0. The maximum atomic E-state index is 14.0. The SMILES string of the molecule is COCC[C@]1(C)C[C@@H](OCOC)[C@@]2(C)C3C(OC)CCC3(CC[C@H]2C)[C@@H](C)C1=O. The molecule has 0 aliphatic heterocycles. The van der Waals surface area contributed by atoms with Crippen LogP contribution in [0.15, 0.2) is 0 Å². The van der Waals surface area contributed by atoms with Crippen LogP contribution in [0.2, 0.25) is 0 Å². The molecule has 0 aromatic heterocycles. The molecular weight excluding hydrogens is 368 g/mol. The highest BCUT2D eigenvalue weighted by Gasteiger charge is 2.68. The van der Waals surface area contributed by atoms with E-state index in [1.54, 1.807) is 14.2 Å². The van der Waals surface area contributed by atoms with Crippen molar-refractivity contribution in [2.75, 3.05) is 34.7 Å². The number of rotatable bonds is 7. The lowest BCUT2D eigenvalue weighted by Crippen LogP contribution is -2.63. The predicted octanol–water partition coefficient (Wildman–Crippen LogP) is 4.47. The molecule has 0 amide bonds. The van der Waals surface area contributed by atoms with E-state index in [4.69, 9.17) is 18.9 Å². The van der Waals surface area contributed by atoms with Crippen molar-refractivity contribution in [1.82, 2.24) is 0 Å². The van der Waals surface area contributed by atoms with Crippen molar-refractivity contribution >= 4 is 5.78 Å². The van der Waals surface area contributed by atoms with E-state index >= 15 is 0 Å². The molecule has 5 heteroatoms. The van der Waals surface area contributed by atoms with Gasteiger partial charge in [-0.1, -0.05) is 27.7 Å². The minimum absolute atomic E-state index is 0.00243. The van der Waals surface area contributed by atoms with Gasteiger partial charge >= 0.3 is 0 Å². The van der Waals surface area contributed by atoms with Gasteiger partial charge in [0.1, 0.15) is 12.6 Å². The lowest BCUT2D eigenvalue weighted by atomic mass is 9.44. The highest BCUT2D eigenvalue weighted by Crippen LogP contribution is 2.68. The number of Topliss-reactive ketones (excluding diaryl/α,β-unsaturated/α-hetero) is 1. The molecule has 2 bridgehead atoms. The van der Waals surface area contributed by atoms with Gasteiger partial charge in [-0.2, -0.15) is 0 Å². The molecule has 5 nitrogen and oxygen atoms in total. The van der Waals surface area contributed by atoms with Crippen molar-refractivity contribution in [3.8, 4) is 0 Å². The minimum atomic E-state index is -0.449. The summed E-state index contributed by atoms with van der Waals surface area (Å²) in [5.74, 6) is 1.26. The van der Waals surface area contributed by atoms with Crippen molar-refractivity contribution in [3.05, 3.63) is 0 Å². The first kappa shape index (κ1) is 23.2. The maximum Gasteiger partial charge on any atom is 0.146 e. The molecular formula is C24H42O5. The molecule has 0 aromatic carbocycles. The van der Waals surface area contributed by atoms with Gasteiger partial charge in [-0.05, 0) is 55.8 Å². The van der Waals surface area contributed by atoms with Crippen LogP contribution in [0.25, 0.3) is 0 Å². The summed E-state index contributed by atoms with van der Waals surface area (Å²) in [6.45, 7) is 9.97. The first-order valence-electron chi connectivity index (χ1n) is 11.4. The molecule has 0 aromatic rings. The average molecular weight is 411 g/mol. The van der Waals surface area contributed by atoms with Crippen LogP contribution in [0.3, 0.4) is 0 Å². The van der Waals surface area contributed by atoms with E-state index in [1.165, 1.54) is 0 Å². The lowest BCUT2D eigenvalue weighted by molar-refractivity contribution is -0.220. The molecule has 3 fully saturated rings. The van der Waals surface area contributed by atoms with Crippen LogP contribution in [-0.2, 0) is 23.7 Å². The summed E-state index contributed by atoms with van der Waals surface area (Å²) in [5.41, 5.74) is -0.505. The van der Waals surface area contributed by atoms with Crippen LogP contribution in [-0.4, -0.2) is 52.7 Å². The Balaban J connectivity index is 2.14. The zero-order valence-electron chi connectivity index (χ0n) is 19.6. The van der Waals surface area contributed by atoms with E-state index < -0.39 is 5.41 Å². The minimum Gasteiger partial charge on any atom is -0.385 e. The molecule has 8 atom stereocenters. The Morgan fingerprint density at radius 3 is 2.34 bits per heavy atom. The fourth-order valence-electron chi connectivity index (χ4n) is 7.44. The monoisotopic (exact) mass is 410 g/mol. The molecule has 0 saturated heterocycles. The highest BCUT2D eigenvalue weighted by molar-refractivity contribution is 5.87. The molecule has 3 saturated carbocycles. The largest absolute Gasteiger partial charge is 0.385 e. The van der Waals surface area contributed by atoms with Gasteiger partial charge in [0.2, 0.25) is 0 Å². The van der Waals surface area contributed by atoms with E-state index in [-0.39, 0.29) is 35.7 Å². The summed E-state index contributed by atoms with van der Waals surface area (Å²) < 4.78 is 23.2. The van der Waals surface area contributed by atoms with E-state index in [1.807, 2.05) is 7.11 Å². The molecule has 29 heavy (non-hydrogen) atoms. The van der Waals surface area contributed by atoms with Crippen LogP contribution in [0, 0.1) is 34.0 Å².